The fourth-order valence-electron chi connectivity index (χ4n) is 4.22. The van der Waals surface area contributed by atoms with Gasteiger partial charge in [0.05, 0.1) is 19.7 Å². The molecule has 0 unspecified atom stereocenters. The van der Waals surface area contributed by atoms with Gasteiger partial charge in [-0.1, -0.05) is 24.3 Å². The molecule has 5 rings (SSSR count). The van der Waals surface area contributed by atoms with Gasteiger partial charge in [-0.05, 0) is 36.4 Å². The second-order valence-electron chi connectivity index (χ2n) is 8.36. The molecule has 0 bridgehead atoms. The number of carbonyl (C=O) groups is 1. The molecule has 0 saturated carbocycles. The smallest absolute Gasteiger partial charge is 0.254 e. The summed E-state index contributed by atoms with van der Waals surface area (Å²) in [6, 6.07) is 20.3. The van der Waals surface area contributed by atoms with Crippen LogP contribution in [0.1, 0.15) is 10.4 Å². The minimum absolute atomic E-state index is 0.0380. The van der Waals surface area contributed by atoms with E-state index >= 15 is 0 Å². The third-order valence-corrected chi connectivity index (χ3v) is 6.13. The number of amides is 1. The summed E-state index contributed by atoms with van der Waals surface area (Å²) in [5.74, 6) is 3.34. The third kappa shape index (κ3) is 4.68. The van der Waals surface area contributed by atoms with Gasteiger partial charge in [0.15, 0.2) is 11.5 Å². The van der Waals surface area contributed by atoms with Gasteiger partial charge >= 0.3 is 0 Å². The summed E-state index contributed by atoms with van der Waals surface area (Å²) in [6.07, 6.45) is 0. The first-order chi connectivity index (χ1) is 17.6. The molecular formula is C27H27N5O4. The number of carbonyl (C=O) groups excluding carboxylic acids is 1. The van der Waals surface area contributed by atoms with Gasteiger partial charge in [-0.3, -0.25) is 4.79 Å². The van der Waals surface area contributed by atoms with Crippen molar-refractivity contribution in [3.8, 4) is 23.0 Å². The highest BCUT2D eigenvalue weighted by Gasteiger charge is 2.25. The molecule has 9 heteroatoms. The number of rotatable bonds is 6. The van der Waals surface area contributed by atoms with Gasteiger partial charge in [0, 0.05) is 43.2 Å². The molecule has 1 aliphatic heterocycles. The maximum absolute atomic E-state index is 13.2. The molecule has 0 spiro atoms. The summed E-state index contributed by atoms with van der Waals surface area (Å²) in [5.41, 5.74) is 7.51. The molecule has 1 saturated heterocycles. The number of fused-ring (bicyclic) bond motifs is 1. The van der Waals surface area contributed by atoms with E-state index in [0.29, 0.717) is 71.7 Å². The minimum Gasteiger partial charge on any atom is -0.493 e. The largest absolute Gasteiger partial charge is 0.493 e. The topological polar surface area (TPSA) is 103 Å². The Hall–Kier alpha value is -4.53. The Labute approximate surface area is 209 Å². The van der Waals surface area contributed by atoms with Gasteiger partial charge < -0.3 is 29.7 Å². The Balaban J connectivity index is 1.28. The number of nitrogens with two attached hydrogens (primary N) is 1. The van der Waals surface area contributed by atoms with Gasteiger partial charge in [0.1, 0.15) is 17.3 Å². The summed E-state index contributed by atoms with van der Waals surface area (Å²) < 4.78 is 16.6. The molecule has 184 valence electrons. The molecule has 1 fully saturated rings. The van der Waals surface area contributed by atoms with E-state index < -0.39 is 0 Å². The molecule has 2 N–H and O–H groups in total. The second kappa shape index (κ2) is 9.99. The van der Waals surface area contributed by atoms with Gasteiger partial charge in [-0.25, -0.2) is 4.98 Å². The molecule has 36 heavy (non-hydrogen) atoms. The minimum atomic E-state index is -0.0380. The van der Waals surface area contributed by atoms with Crippen LogP contribution in [0.15, 0.2) is 66.7 Å². The van der Waals surface area contributed by atoms with Crippen LogP contribution in [0.5, 0.6) is 23.0 Å². The quantitative estimate of drug-likeness (QED) is 0.437. The summed E-state index contributed by atoms with van der Waals surface area (Å²) in [4.78, 5) is 26.3. The fraction of sp³-hybridized carbons (Fsp3) is 0.222. The normalized spacial score (nSPS) is 13.5. The number of ether oxygens (including phenoxy) is 3. The molecule has 1 aliphatic rings. The maximum atomic E-state index is 13.2. The van der Waals surface area contributed by atoms with Gasteiger partial charge in [0.25, 0.3) is 5.91 Å². The SMILES string of the molecule is COc1cc2nc(N3CCN(C(=O)c4cccc(Oc5ccccc5)c4)CC3)nc(N)c2cc1OC. The Kier molecular flexibility index (Phi) is 6.44. The van der Waals surface area contributed by atoms with Crippen molar-refractivity contribution < 1.29 is 19.0 Å². The lowest BCUT2D eigenvalue weighted by molar-refractivity contribution is 0.0746. The van der Waals surface area contributed by atoms with Crippen molar-refractivity contribution in [2.75, 3.05) is 51.0 Å². The molecule has 0 radical (unpaired) electrons. The molecule has 3 aromatic carbocycles. The molecule has 2 heterocycles. The van der Waals surface area contributed by atoms with E-state index in [1.807, 2.05) is 52.3 Å². The first-order valence-corrected chi connectivity index (χ1v) is 11.6. The number of methoxy groups -OCH3 is 2. The molecule has 0 atom stereocenters. The van der Waals surface area contributed by atoms with Crippen LogP contribution in [0, 0.1) is 0 Å². The van der Waals surface area contributed by atoms with Crippen LogP contribution in [-0.4, -0.2) is 61.2 Å². The number of benzene rings is 3. The number of hydrogen-bond donors (Lipinski definition) is 1. The zero-order valence-corrected chi connectivity index (χ0v) is 20.2. The van der Waals surface area contributed by atoms with E-state index in [4.69, 9.17) is 24.9 Å². The summed E-state index contributed by atoms with van der Waals surface area (Å²) in [5, 5.41) is 0.697. The lowest BCUT2D eigenvalue weighted by Crippen LogP contribution is -2.49. The van der Waals surface area contributed by atoms with Crippen LogP contribution in [0.4, 0.5) is 11.8 Å². The molecule has 1 amide bonds. The van der Waals surface area contributed by atoms with Crippen LogP contribution in [0.3, 0.4) is 0 Å². The average Bonchev–Trinajstić information content (AvgIpc) is 2.92. The van der Waals surface area contributed by atoms with Gasteiger partial charge in [-0.15, -0.1) is 0 Å². The number of anilines is 2. The van der Waals surface area contributed by atoms with Gasteiger partial charge in [0.2, 0.25) is 5.95 Å². The van der Waals surface area contributed by atoms with Crippen LogP contribution in [0.25, 0.3) is 10.9 Å². The molecular weight excluding hydrogens is 458 g/mol. The van der Waals surface area contributed by atoms with Crippen molar-refractivity contribution in [1.82, 2.24) is 14.9 Å². The Bertz CT molecular complexity index is 1390. The molecule has 1 aromatic heterocycles. The third-order valence-electron chi connectivity index (χ3n) is 6.13. The highest BCUT2D eigenvalue weighted by Crippen LogP contribution is 2.34. The van der Waals surface area contributed by atoms with E-state index in [2.05, 4.69) is 4.98 Å². The Morgan fingerprint density at radius 3 is 2.25 bits per heavy atom. The van der Waals surface area contributed by atoms with Crippen molar-refractivity contribution in [1.29, 1.82) is 0 Å². The highest BCUT2D eigenvalue weighted by atomic mass is 16.5. The van der Waals surface area contributed by atoms with Crippen LogP contribution < -0.4 is 24.8 Å². The lowest BCUT2D eigenvalue weighted by Gasteiger charge is -2.35. The predicted octanol–water partition coefficient (Wildman–Crippen LogP) is 3.98. The number of nitrogen functional groups attached to an aromatic ring is 1. The Morgan fingerprint density at radius 2 is 1.53 bits per heavy atom. The van der Waals surface area contributed by atoms with E-state index in [-0.39, 0.29) is 5.91 Å². The van der Waals surface area contributed by atoms with Gasteiger partial charge in [-0.2, -0.15) is 4.98 Å². The fourth-order valence-corrected chi connectivity index (χ4v) is 4.22. The Morgan fingerprint density at radius 1 is 0.833 bits per heavy atom. The standard InChI is InChI=1S/C27H27N5O4/c1-34-23-16-21-22(17-24(23)35-2)29-27(30-25(21)28)32-13-11-31(12-14-32)26(33)18-7-6-10-20(15-18)36-19-8-4-3-5-9-19/h3-10,15-17H,11-14H2,1-2H3,(H2,28,29,30). The zero-order valence-electron chi connectivity index (χ0n) is 20.2. The average molecular weight is 486 g/mol. The van der Waals surface area contributed by atoms with Crippen LogP contribution >= 0.6 is 0 Å². The number of nitrogens with zero attached hydrogens (tertiary/aromatic N) is 4. The monoisotopic (exact) mass is 485 g/mol. The predicted molar refractivity (Wildman–Crippen MR) is 138 cm³/mol. The van der Waals surface area contributed by atoms with E-state index in [1.165, 1.54) is 0 Å². The van der Waals surface area contributed by atoms with Crippen molar-refractivity contribution in [2.24, 2.45) is 0 Å². The number of para-hydroxylation sites is 1. The lowest BCUT2D eigenvalue weighted by atomic mass is 10.1. The van der Waals surface area contributed by atoms with Crippen LogP contribution in [0.2, 0.25) is 0 Å². The summed E-state index contributed by atoms with van der Waals surface area (Å²) in [6.45, 7) is 2.25. The summed E-state index contributed by atoms with van der Waals surface area (Å²) in [7, 11) is 3.15. The van der Waals surface area contributed by atoms with Crippen molar-refractivity contribution in [3.05, 3.63) is 72.3 Å². The molecule has 0 aliphatic carbocycles. The summed E-state index contributed by atoms with van der Waals surface area (Å²) >= 11 is 0. The van der Waals surface area contributed by atoms with Crippen LogP contribution in [-0.2, 0) is 0 Å². The van der Waals surface area contributed by atoms with Crippen molar-refractivity contribution in [2.45, 2.75) is 0 Å². The molecule has 9 nitrogen and oxygen atoms in total. The van der Waals surface area contributed by atoms with Crippen molar-refractivity contribution >= 4 is 28.6 Å². The maximum Gasteiger partial charge on any atom is 0.254 e. The first-order valence-electron chi connectivity index (χ1n) is 11.6. The highest BCUT2D eigenvalue weighted by molar-refractivity contribution is 5.95. The van der Waals surface area contributed by atoms with Crippen molar-refractivity contribution in [3.63, 3.8) is 0 Å². The van der Waals surface area contributed by atoms with E-state index in [0.717, 1.165) is 5.75 Å². The van der Waals surface area contributed by atoms with E-state index in [9.17, 15) is 4.79 Å². The second-order valence-corrected chi connectivity index (χ2v) is 8.36. The number of piperazine rings is 1. The first kappa shape index (κ1) is 23.2. The van der Waals surface area contributed by atoms with E-state index in [1.54, 1.807) is 38.5 Å². The zero-order chi connectivity index (χ0) is 25.1. The number of hydrogen-bond acceptors (Lipinski definition) is 8. The number of aromatic nitrogens is 2. The molecule has 4 aromatic rings.